The van der Waals surface area contributed by atoms with Gasteiger partial charge in [-0.3, -0.25) is 4.79 Å². The number of rotatable bonds is 2. The summed E-state index contributed by atoms with van der Waals surface area (Å²) in [4.78, 5) is 14.3. The molecule has 27 heavy (non-hydrogen) atoms. The van der Waals surface area contributed by atoms with Crippen LogP contribution in [0, 0.1) is 0 Å². The van der Waals surface area contributed by atoms with Gasteiger partial charge in [-0.2, -0.15) is 0 Å². The Kier molecular flexibility index (Phi) is 4.58. The monoisotopic (exact) mass is 384 g/mol. The van der Waals surface area contributed by atoms with Gasteiger partial charge in [-0.1, -0.05) is 23.7 Å². The molecule has 140 valence electrons. The fourth-order valence-corrected chi connectivity index (χ4v) is 4.02. The number of halogens is 1. The highest BCUT2D eigenvalue weighted by molar-refractivity contribution is 6.36. The van der Waals surface area contributed by atoms with Crippen molar-refractivity contribution in [3.05, 3.63) is 52.7 Å². The molecule has 0 aliphatic carbocycles. The molecule has 0 bridgehead atoms. The Bertz CT molecular complexity index is 925. The third kappa shape index (κ3) is 3.29. The smallest absolute Gasteiger partial charge is 0.259 e. The Morgan fingerprint density at radius 3 is 2.44 bits per heavy atom. The number of nitrogens with zero attached hydrogens (tertiary/aromatic N) is 1. The summed E-state index contributed by atoms with van der Waals surface area (Å²) in [5.41, 5.74) is 4.43. The second kappa shape index (κ2) is 6.91. The third-order valence-corrected chi connectivity index (χ3v) is 5.53. The Labute approximate surface area is 162 Å². The molecule has 1 amide bonds. The Morgan fingerprint density at radius 1 is 1.15 bits per heavy atom. The summed E-state index contributed by atoms with van der Waals surface area (Å²) in [5, 5.41) is 22.8. The van der Waals surface area contributed by atoms with Gasteiger partial charge in [0, 0.05) is 29.9 Å². The standard InChI is InChI=1S/C21H21ClN2O3/c1-12(25)20-17-10-16(18(22)11-19(17)23-21(20)27)13-2-4-14(5-3-13)24-8-6-15(26)7-9-24/h2-5,10-11,15,25-26H,6-9H2,1H3,(H,23,27)/b20-12+. The molecule has 0 unspecified atom stereocenters. The van der Waals surface area contributed by atoms with Crippen molar-refractivity contribution in [3.63, 3.8) is 0 Å². The average molecular weight is 385 g/mol. The second-order valence-corrected chi connectivity index (χ2v) is 7.46. The quantitative estimate of drug-likeness (QED) is 0.535. The Hall–Kier alpha value is -2.50. The van der Waals surface area contributed by atoms with Crippen LogP contribution in [0.5, 0.6) is 0 Å². The lowest BCUT2D eigenvalue weighted by atomic mass is 9.98. The molecule has 2 aliphatic rings. The maximum absolute atomic E-state index is 12.1. The van der Waals surface area contributed by atoms with Crippen molar-refractivity contribution in [3.8, 4) is 11.1 Å². The first kappa shape index (κ1) is 17.9. The third-order valence-electron chi connectivity index (χ3n) is 5.22. The zero-order valence-corrected chi connectivity index (χ0v) is 15.8. The number of benzene rings is 2. The molecule has 0 spiro atoms. The van der Waals surface area contributed by atoms with Crippen LogP contribution in [-0.2, 0) is 4.79 Å². The molecule has 5 nitrogen and oxygen atoms in total. The van der Waals surface area contributed by atoms with E-state index in [4.69, 9.17) is 11.6 Å². The van der Waals surface area contributed by atoms with Crippen LogP contribution in [0.1, 0.15) is 25.3 Å². The number of nitrogens with one attached hydrogen (secondary N) is 1. The normalized spacial score (nSPS) is 19.1. The van der Waals surface area contributed by atoms with Gasteiger partial charge in [-0.05, 0) is 49.6 Å². The predicted octanol–water partition coefficient (Wildman–Crippen LogP) is 4.21. The molecule has 2 aromatic rings. The van der Waals surface area contributed by atoms with Crippen LogP contribution in [0.15, 0.2) is 42.2 Å². The van der Waals surface area contributed by atoms with Gasteiger partial charge in [-0.15, -0.1) is 0 Å². The van der Waals surface area contributed by atoms with E-state index < -0.39 is 0 Å². The topological polar surface area (TPSA) is 72.8 Å². The van der Waals surface area contributed by atoms with E-state index in [0.29, 0.717) is 16.3 Å². The summed E-state index contributed by atoms with van der Waals surface area (Å²) in [6.07, 6.45) is 1.38. The Morgan fingerprint density at radius 2 is 1.81 bits per heavy atom. The minimum atomic E-state index is -0.319. The van der Waals surface area contributed by atoms with Crippen molar-refractivity contribution in [2.24, 2.45) is 0 Å². The van der Waals surface area contributed by atoms with Crippen molar-refractivity contribution in [2.75, 3.05) is 23.3 Å². The number of allylic oxidation sites excluding steroid dienone is 1. The summed E-state index contributed by atoms with van der Waals surface area (Å²) in [6, 6.07) is 11.7. The minimum Gasteiger partial charge on any atom is -0.512 e. The van der Waals surface area contributed by atoms with Crippen LogP contribution in [0.25, 0.3) is 16.7 Å². The zero-order valence-electron chi connectivity index (χ0n) is 15.0. The van der Waals surface area contributed by atoms with Gasteiger partial charge in [0.1, 0.15) is 5.76 Å². The van der Waals surface area contributed by atoms with Gasteiger partial charge in [0.25, 0.3) is 5.91 Å². The lowest BCUT2D eigenvalue weighted by Crippen LogP contribution is -2.35. The van der Waals surface area contributed by atoms with Crippen LogP contribution < -0.4 is 10.2 Å². The molecule has 0 aromatic heterocycles. The number of carbonyl (C=O) groups is 1. The number of fused-ring (bicyclic) bond motifs is 1. The van der Waals surface area contributed by atoms with Crippen LogP contribution in [-0.4, -0.2) is 35.3 Å². The van der Waals surface area contributed by atoms with Gasteiger partial charge >= 0.3 is 0 Å². The number of hydrogen-bond donors (Lipinski definition) is 3. The molecule has 2 aromatic carbocycles. The second-order valence-electron chi connectivity index (χ2n) is 7.06. The predicted molar refractivity (Wildman–Crippen MR) is 108 cm³/mol. The number of amides is 1. The fraction of sp³-hybridized carbons (Fsp3) is 0.286. The molecule has 4 rings (SSSR count). The first-order valence-electron chi connectivity index (χ1n) is 9.02. The zero-order chi connectivity index (χ0) is 19.1. The average Bonchev–Trinajstić information content (AvgIpc) is 2.96. The SMILES string of the molecule is C/C(O)=C1\C(=O)Nc2cc(Cl)c(-c3ccc(N4CCC(O)CC4)cc3)cc21. The molecule has 0 radical (unpaired) electrons. The number of aliphatic hydroxyl groups is 2. The van der Waals surface area contributed by atoms with Gasteiger partial charge in [-0.25, -0.2) is 0 Å². The van der Waals surface area contributed by atoms with E-state index in [9.17, 15) is 15.0 Å². The molecular formula is C21H21ClN2O3. The lowest BCUT2D eigenvalue weighted by molar-refractivity contribution is -0.110. The maximum atomic E-state index is 12.1. The van der Waals surface area contributed by atoms with Gasteiger partial charge in [0.15, 0.2) is 0 Å². The highest BCUT2D eigenvalue weighted by Gasteiger charge is 2.28. The number of aliphatic hydroxyl groups excluding tert-OH is 2. The lowest BCUT2D eigenvalue weighted by Gasteiger charge is -2.31. The molecule has 1 saturated heterocycles. The van der Waals surface area contributed by atoms with Crippen LogP contribution >= 0.6 is 11.6 Å². The van der Waals surface area contributed by atoms with Crippen molar-refractivity contribution < 1.29 is 15.0 Å². The first-order chi connectivity index (χ1) is 12.9. The van der Waals surface area contributed by atoms with Gasteiger partial charge in [0.05, 0.1) is 22.4 Å². The van der Waals surface area contributed by atoms with E-state index in [2.05, 4.69) is 10.2 Å². The van der Waals surface area contributed by atoms with Crippen LogP contribution in [0.4, 0.5) is 11.4 Å². The number of carbonyl (C=O) groups excluding carboxylic acids is 1. The highest BCUT2D eigenvalue weighted by atomic mass is 35.5. The van der Waals surface area contributed by atoms with Crippen LogP contribution in [0.3, 0.4) is 0 Å². The number of anilines is 2. The summed E-state index contributed by atoms with van der Waals surface area (Å²) >= 11 is 6.45. The molecule has 0 atom stereocenters. The van der Waals surface area contributed by atoms with E-state index in [1.807, 2.05) is 30.3 Å². The molecule has 2 heterocycles. The van der Waals surface area contributed by atoms with Crippen molar-refractivity contribution in [2.45, 2.75) is 25.9 Å². The largest absolute Gasteiger partial charge is 0.512 e. The summed E-state index contributed by atoms with van der Waals surface area (Å²) in [5.74, 6) is -0.331. The minimum absolute atomic E-state index is 0.0119. The van der Waals surface area contributed by atoms with E-state index >= 15 is 0 Å². The van der Waals surface area contributed by atoms with E-state index in [1.165, 1.54) is 6.92 Å². The highest BCUT2D eigenvalue weighted by Crippen LogP contribution is 2.40. The van der Waals surface area contributed by atoms with E-state index in [0.717, 1.165) is 42.7 Å². The molecular weight excluding hydrogens is 364 g/mol. The first-order valence-corrected chi connectivity index (χ1v) is 9.40. The van der Waals surface area contributed by atoms with Gasteiger partial charge in [0.2, 0.25) is 0 Å². The van der Waals surface area contributed by atoms with Crippen molar-refractivity contribution >= 4 is 34.5 Å². The van der Waals surface area contributed by atoms with Gasteiger partial charge < -0.3 is 20.4 Å². The van der Waals surface area contributed by atoms with E-state index in [-0.39, 0.29) is 23.3 Å². The summed E-state index contributed by atoms with van der Waals surface area (Å²) < 4.78 is 0. The number of piperidine rings is 1. The molecule has 3 N–H and O–H groups in total. The summed E-state index contributed by atoms with van der Waals surface area (Å²) in [7, 11) is 0. The molecule has 1 fully saturated rings. The van der Waals surface area contributed by atoms with Crippen LogP contribution in [0.2, 0.25) is 5.02 Å². The van der Waals surface area contributed by atoms with Crippen molar-refractivity contribution in [1.82, 2.24) is 0 Å². The number of hydrogen-bond acceptors (Lipinski definition) is 4. The maximum Gasteiger partial charge on any atom is 0.259 e. The summed E-state index contributed by atoms with van der Waals surface area (Å²) in [6.45, 7) is 3.19. The van der Waals surface area contributed by atoms with Crippen molar-refractivity contribution in [1.29, 1.82) is 0 Å². The Balaban J connectivity index is 1.67. The van der Waals surface area contributed by atoms with E-state index in [1.54, 1.807) is 6.07 Å². The molecule has 2 aliphatic heterocycles. The molecule has 6 heteroatoms. The fourth-order valence-electron chi connectivity index (χ4n) is 3.75. The molecule has 0 saturated carbocycles.